The van der Waals surface area contributed by atoms with Gasteiger partial charge in [0, 0.05) is 0 Å². The second kappa shape index (κ2) is 27.3. The van der Waals surface area contributed by atoms with Crippen LogP contribution in [0, 0.1) is 0 Å². The van der Waals surface area contributed by atoms with Gasteiger partial charge in [-0.2, -0.15) is 0 Å². The summed E-state index contributed by atoms with van der Waals surface area (Å²) in [4.78, 5) is 0. The van der Waals surface area contributed by atoms with Crippen LogP contribution in [0.15, 0.2) is 121 Å². The van der Waals surface area contributed by atoms with Gasteiger partial charge >= 0.3 is 59.1 Å². The standard InChI is InChI=1S/C42H50O18S2.2Na/c43-35-33(27-51-23-29-13-5-1-6-14-29)57-41(39(59-61(45,46)47)37(35)55-25-31-17-9-3-10-18-31)53-21-22-54-42-40(60-62(48,49)50)38(56-26-32-19-11-4-12-20-32)36(44)34(58-42)28-52-24-30-15-7-2-8-16-30;;/h1-20,33-44H,21-28H2,(H,45,46,47)(H,48,49,50);;/q;2*+1/p-2/t33-,34-,35-,36-,37+,38+,39-,40-,41-,42-;;/m1../s1. The molecule has 64 heavy (non-hydrogen) atoms. The van der Waals surface area contributed by atoms with Crippen LogP contribution in [-0.2, 0) is 93.5 Å². The molecule has 338 valence electrons. The molecular weight excluding hydrogens is 903 g/mol. The van der Waals surface area contributed by atoms with Crippen LogP contribution in [0.2, 0.25) is 0 Å². The second-order valence-corrected chi connectivity index (χ2v) is 16.3. The van der Waals surface area contributed by atoms with Crippen molar-refractivity contribution in [1.29, 1.82) is 0 Å². The van der Waals surface area contributed by atoms with Crippen molar-refractivity contribution < 1.29 is 142 Å². The van der Waals surface area contributed by atoms with Crippen LogP contribution in [0.3, 0.4) is 0 Å². The molecule has 4 aromatic carbocycles. The van der Waals surface area contributed by atoms with Gasteiger partial charge in [0.15, 0.2) is 24.8 Å². The van der Waals surface area contributed by atoms with E-state index in [1.54, 1.807) is 60.7 Å². The molecule has 0 aliphatic carbocycles. The molecule has 2 N–H and O–H groups in total. The minimum Gasteiger partial charge on any atom is -0.726 e. The summed E-state index contributed by atoms with van der Waals surface area (Å²) in [5, 5.41) is 22.9. The minimum absolute atomic E-state index is 0. The number of rotatable bonds is 23. The van der Waals surface area contributed by atoms with Gasteiger partial charge < -0.3 is 57.2 Å². The van der Waals surface area contributed by atoms with Crippen molar-refractivity contribution in [3.8, 4) is 0 Å². The first-order chi connectivity index (χ1) is 29.8. The zero-order valence-electron chi connectivity index (χ0n) is 35.2. The van der Waals surface area contributed by atoms with Gasteiger partial charge in [-0.05, 0) is 22.3 Å². The first kappa shape index (κ1) is 54.8. The van der Waals surface area contributed by atoms with Gasteiger partial charge in [0.05, 0.1) is 52.9 Å². The fraction of sp³-hybridized carbons (Fsp3) is 0.429. The van der Waals surface area contributed by atoms with Crippen LogP contribution in [0.25, 0.3) is 0 Å². The summed E-state index contributed by atoms with van der Waals surface area (Å²) < 4.78 is 129. The van der Waals surface area contributed by atoms with Gasteiger partial charge in [-0.3, -0.25) is 8.37 Å². The van der Waals surface area contributed by atoms with Crippen LogP contribution < -0.4 is 59.1 Å². The molecule has 0 saturated carbocycles. The van der Waals surface area contributed by atoms with Crippen molar-refractivity contribution in [3.63, 3.8) is 0 Å². The quantitative estimate of drug-likeness (QED) is 0.0317. The summed E-state index contributed by atoms with van der Waals surface area (Å²) >= 11 is 0. The van der Waals surface area contributed by atoms with E-state index in [2.05, 4.69) is 0 Å². The maximum Gasteiger partial charge on any atom is 1.00 e. The topological polar surface area (TPSA) is 247 Å². The summed E-state index contributed by atoms with van der Waals surface area (Å²) in [5.41, 5.74) is 2.95. The molecule has 2 aliphatic rings. The molecule has 2 fully saturated rings. The predicted octanol–water partition coefficient (Wildman–Crippen LogP) is -3.51. The number of ether oxygens (including phenoxy) is 8. The fourth-order valence-corrected chi connectivity index (χ4v) is 7.73. The molecule has 0 aromatic heterocycles. The first-order valence-electron chi connectivity index (χ1n) is 19.6. The molecule has 2 saturated heterocycles. The second-order valence-electron chi connectivity index (χ2n) is 14.3. The Kier molecular flexibility index (Phi) is 23.4. The van der Waals surface area contributed by atoms with Crippen molar-refractivity contribution in [2.24, 2.45) is 0 Å². The number of aliphatic hydroxyl groups is 2. The Labute approximate surface area is 416 Å². The Morgan fingerprint density at radius 2 is 0.750 bits per heavy atom. The Morgan fingerprint density at radius 1 is 0.453 bits per heavy atom. The Hall–Kier alpha value is -1.78. The number of benzene rings is 4. The summed E-state index contributed by atoms with van der Waals surface area (Å²) in [6.45, 7) is -1.42. The summed E-state index contributed by atoms with van der Waals surface area (Å²) in [7, 11) is -10.9. The van der Waals surface area contributed by atoms with E-state index in [0.29, 0.717) is 11.1 Å². The monoisotopic (exact) mass is 950 g/mol. The van der Waals surface area contributed by atoms with Crippen LogP contribution in [0.1, 0.15) is 22.3 Å². The maximum atomic E-state index is 12.0. The summed E-state index contributed by atoms with van der Waals surface area (Å²) in [6.07, 6.45) is -15.6. The van der Waals surface area contributed by atoms with Gasteiger partial charge in [0.2, 0.25) is 20.8 Å². The molecule has 0 amide bonds. The molecule has 0 spiro atoms. The third-order valence-electron chi connectivity index (χ3n) is 9.70. The normalized spacial score (nSPS) is 26.1. The fourth-order valence-electron chi connectivity index (χ4n) is 6.78. The zero-order chi connectivity index (χ0) is 44.0. The average Bonchev–Trinajstić information content (AvgIpc) is 3.25. The molecule has 0 unspecified atom stereocenters. The minimum atomic E-state index is -5.44. The van der Waals surface area contributed by atoms with Crippen molar-refractivity contribution in [1.82, 2.24) is 0 Å². The van der Waals surface area contributed by atoms with Crippen molar-refractivity contribution in [2.45, 2.75) is 87.8 Å². The van der Waals surface area contributed by atoms with Crippen LogP contribution in [0.4, 0.5) is 0 Å². The van der Waals surface area contributed by atoms with Crippen LogP contribution in [0.5, 0.6) is 0 Å². The van der Waals surface area contributed by atoms with E-state index < -0.39 is 95.4 Å². The molecule has 18 nitrogen and oxygen atoms in total. The number of hydrogen-bond donors (Lipinski definition) is 2. The van der Waals surface area contributed by atoms with E-state index in [-0.39, 0.29) is 98.8 Å². The number of hydrogen-bond acceptors (Lipinski definition) is 18. The molecular formula is C42H48Na2O18S2. The van der Waals surface area contributed by atoms with Crippen LogP contribution in [-0.4, -0.2) is 124 Å². The molecule has 2 heterocycles. The maximum absolute atomic E-state index is 12.0. The van der Waals surface area contributed by atoms with Crippen LogP contribution >= 0.6 is 0 Å². The third-order valence-corrected chi connectivity index (χ3v) is 10.6. The molecule has 4 aromatic rings. The van der Waals surface area contributed by atoms with E-state index in [9.17, 15) is 36.2 Å². The van der Waals surface area contributed by atoms with E-state index in [1.165, 1.54) is 0 Å². The van der Waals surface area contributed by atoms with E-state index in [0.717, 1.165) is 11.1 Å². The Balaban J connectivity index is 0.00000449. The van der Waals surface area contributed by atoms with E-state index in [4.69, 9.17) is 46.3 Å². The number of aliphatic hydroxyl groups excluding tert-OH is 2. The van der Waals surface area contributed by atoms with Crippen molar-refractivity contribution in [2.75, 3.05) is 26.4 Å². The Bertz CT molecular complexity index is 1980. The van der Waals surface area contributed by atoms with Gasteiger partial charge in [-0.25, -0.2) is 16.8 Å². The van der Waals surface area contributed by atoms with Gasteiger partial charge in [0.1, 0.15) is 36.6 Å². The van der Waals surface area contributed by atoms with Gasteiger partial charge in [-0.15, -0.1) is 0 Å². The first-order valence-corrected chi connectivity index (χ1v) is 22.2. The largest absolute Gasteiger partial charge is 1.00 e. The van der Waals surface area contributed by atoms with Crippen molar-refractivity contribution in [3.05, 3.63) is 144 Å². The molecule has 2 aliphatic heterocycles. The average molecular weight is 951 g/mol. The Morgan fingerprint density at radius 3 is 1.05 bits per heavy atom. The van der Waals surface area contributed by atoms with E-state index in [1.807, 2.05) is 60.7 Å². The predicted molar refractivity (Wildman–Crippen MR) is 213 cm³/mol. The molecule has 22 heteroatoms. The van der Waals surface area contributed by atoms with Crippen molar-refractivity contribution >= 4 is 20.8 Å². The van der Waals surface area contributed by atoms with Gasteiger partial charge in [0.25, 0.3) is 0 Å². The zero-order valence-corrected chi connectivity index (χ0v) is 40.9. The smallest absolute Gasteiger partial charge is 0.726 e. The molecule has 0 radical (unpaired) electrons. The van der Waals surface area contributed by atoms with E-state index >= 15 is 0 Å². The SMILES string of the molecule is O=S(=O)([O-])O[C@H]1[C@H](OCCO[C@@H]2O[C@H](COCc3ccccc3)[C@@H](O)[C@H](OCc3ccccc3)[C@H]2OS(=O)(=O)[O-])O[C@H](COCc2ccccc2)[C@@H](O)[C@@H]1OCc1ccccc1.[Na+].[Na+]. The van der Waals surface area contributed by atoms with Gasteiger partial charge in [-0.1, -0.05) is 121 Å². The molecule has 6 rings (SSSR count). The summed E-state index contributed by atoms with van der Waals surface area (Å²) in [5.74, 6) is 0. The third kappa shape index (κ3) is 17.7. The summed E-state index contributed by atoms with van der Waals surface area (Å²) in [6, 6.07) is 35.7. The molecule has 10 atom stereocenters. The molecule has 0 bridgehead atoms.